The highest BCUT2D eigenvalue weighted by Crippen LogP contribution is 2.27. The van der Waals surface area contributed by atoms with E-state index in [0.717, 1.165) is 0 Å². The lowest BCUT2D eigenvalue weighted by Crippen LogP contribution is -2.30. The highest BCUT2D eigenvalue weighted by molar-refractivity contribution is 6.32. The number of halogens is 1. The lowest BCUT2D eigenvalue weighted by atomic mass is 10.3. The number of anilines is 1. The average Bonchev–Trinajstić information content (AvgIpc) is 2.30. The number of benzene rings is 1. The van der Waals surface area contributed by atoms with Gasteiger partial charge in [0.2, 0.25) is 0 Å². The summed E-state index contributed by atoms with van der Waals surface area (Å²) >= 11 is 5.96. The van der Waals surface area contributed by atoms with Gasteiger partial charge in [-0.1, -0.05) is 11.6 Å². The Hall–Kier alpha value is -1.46. The van der Waals surface area contributed by atoms with Gasteiger partial charge >= 0.3 is 6.03 Å². The summed E-state index contributed by atoms with van der Waals surface area (Å²) in [7, 11) is 0. The van der Waals surface area contributed by atoms with Crippen LogP contribution >= 0.6 is 11.6 Å². The van der Waals surface area contributed by atoms with Crippen LogP contribution in [0, 0.1) is 0 Å². The Kier molecular flexibility index (Phi) is 5.59. The van der Waals surface area contributed by atoms with Crippen molar-refractivity contribution in [2.24, 2.45) is 0 Å². The normalized spacial score (nSPS) is 9.82. The zero-order chi connectivity index (χ0) is 12.7. The quantitative estimate of drug-likeness (QED) is 0.755. The second kappa shape index (κ2) is 6.98. The molecule has 1 rings (SSSR count). The predicted octanol–water partition coefficient (Wildman–Crippen LogP) is 1.85. The second-order valence-corrected chi connectivity index (χ2v) is 3.59. The Morgan fingerprint density at radius 1 is 1.53 bits per heavy atom. The second-order valence-electron chi connectivity index (χ2n) is 3.18. The molecule has 0 aliphatic heterocycles. The van der Waals surface area contributed by atoms with Crippen molar-refractivity contribution in [1.29, 1.82) is 0 Å². The summed E-state index contributed by atoms with van der Waals surface area (Å²) < 4.78 is 5.27. The van der Waals surface area contributed by atoms with Crippen molar-refractivity contribution in [1.82, 2.24) is 5.32 Å². The van der Waals surface area contributed by atoms with Gasteiger partial charge in [-0.3, -0.25) is 0 Å². The molecule has 0 fully saturated rings. The van der Waals surface area contributed by atoms with E-state index in [1.807, 2.05) is 6.92 Å². The summed E-state index contributed by atoms with van der Waals surface area (Å²) in [6.45, 7) is 2.50. The molecule has 17 heavy (non-hydrogen) atoms. The smallest absolute Gasteiger partial charge is 0.319 e. The van der Waals surface area contributed by atoms with E-state index >= 15 is 0 Å². The van der Waals surface area contributed by atoms with E-state index in [1.54, 1.807) is 18.2 Å². The number of carbonyl (C=O) groups is 1. The lowest BCUT2D eigenvalue weighted by Gasteiger charge is -2.09. The third-order valence-electron chi connectivity index (χ3n) is 1.89. The van der Waals surface area contributed by atoms with E-state index in [9.17, 15) is 4.79 Å². The number of rotatable bonds is 5. The van der Waals surface area contributed by atoms with Gasteiger partial charge in [-0.2, -0.15) is 0 Å². The number of ether oxygens (including phenoxy) is 1. The van der Waals surface area contributed by atoms with E-state index in [-0.39, 0.29) is 19.2 Å². The average molecular weight is 259 g/mol. The summed E-state index contributed by atoms with van der Waals surface area (Å²) in [5, 5.41) is 14.0. The Labute approximate surface area is 105 Å². The molecule has 0 radical (unpaired) electrons. The third-order valence-corrected chi connectivity index (χ3v) is 2.18. The van der Waals surface area contributed by atoms with Crippen LogP contribution in [0.4, 0.5) is 10.5 Å². The number of nitrogens with one attached hydrogen (secondary N) is 2. The van der Waals surface area contributed by atoms with Gasteiger partial charge in [-0.15, -0.1) is 0 Å². The van der Waals surface area contributed by atoms with E-state index in [0.29, 0.717) is 23.1 Å². The maximum atomic E-state index is 11.3. The largest absolute Gasteiger partial charge is 0.492 e. The first kappa shape index (κ1) is 13.6. The number of hydrogen-bond acceptors (Lipinski definition) is 3. The number of hydrogen-bond donors (Lipinski definition) is 3. The fourth-order valence-corrected chi connectivity index (χ4v) is 1.43. The van der Waals surface area contributed by atoms with Crippen LogP contribution in [0.5, 0.6) is 5.75 Å². The van der Waals surface area contributed by atoms with Crippen molar-refractivity contribution in [3.63, 3.8) is 0 Å². The highest BCUT2D eigenvalue weighted by Gasteiger charge is 2.05. The molecule has 0 heterocycles. The van der Waals surface area contributed by atoms with Crippen LogP contribution in [0.1, 0.15) is 6.92 Å². The van der Waals surface area contributed by atoms with E-state index in [2.05, 4.69) is 10.6 Å². The van der Waals surface area contributed by atoms with Gasteiger partial charge in [0, 0.05) is 12.2 Å². The Morgan fingerprint density at radius 3 is 2.88 bits per heavy atom. The molecule has 0 bridgehead atoms. The minimum atomic E-state index is -0.390. The molecule has 0 saturated heterocycles. The number of urea groups is 1. The van der Waals surface area contributed by atoms with Crippen LogP contribution in [0.25, 0.3) is 0 Å². The van der Waals surface area contributed by atoms with E-state index in [4.69, 9.17) is 21.4 Å². The van der Waals surface area contributed by atoms with Gasteiger partial charge in [0.05, 0.1) is 18.2 Å². The predicted molar refractivity (Wildman–Crippen MR) is 66.7 cm³/mol. The van der Waals surface area contributed by atoms with Crippen LogP contribution in [-0.2, 0) is 0 Å². The molecule has 0 spiro atoms. The van der Waals surface area contributed by atoms with Gasteiger partial charge in [-0.05, 0) is 25.1 Å². The van der Waals surface area contributed by atoms with Gasteiger partial charge in [0.25, 0.3) is 0 Å². The fraction of sp³-hybridized carbons (Fsp3) is 0.364. The summed E-state index contributed by atoms with van der Waals surface area (Å²) in [5.74, 6) is 0.579. The molecule has 2 amide bonds. The lowest BCUT2D eigenvalue weighted by molar-refractivity contribution is 0.245. The summed E-state index contributed by atoms with van der Waals surface area (Å²) in [6, 6.07) is 4.59. The van der Waals surface area contributed by atoms with Crippen molar-refractivity contribution in [2.45, 2.75) is 6.92 Å². The molecule has 1 aromatic rings. The van der Waals surface area contributed by atoms with Gasteiger partial charge < -0.3 is 20.5 Å². The molecule has 94 valence electrons. The van der Waals surface area contributed by atoms with Crippen LogP contribution in [-0.4, -0.2) is 30.9 Å². The first-order valence-electron chi connectivity index (χ1n) is 5.25. The van der Waals surface area contributed by atoms with Crippen LogP contribution < -0.4 is 15.4 Å². The number of aliphatic hydroxyl groups is 1. The SMILES string of the molecule is CCOc1ccc(NC(=O)NCCO)cc1Cl. The van der Waals surface area contributed by atoms with Gasteiger partial charge in [0.1, 0.15) is 5.75 Å². The zero-order valence-corrected chi connectivity index (χ0v) is 10.3. The molecular weight excluding hydrogens is 244 g/mol. The molecule has 0 unspecified atom stereocenters. The molecule has 0 saturated carbocycles. The molecule has 5 nitrogen and oxygen atoms in total. The van der Waals surface area contributed by atoms with Gasteiger partial charge in [0.15, 0.2) is 0 Å². The van der Waals surface area contributed by atoms with Crippen molar-refractivity contribution < 1.29 is 14.6 Å². The van der Waals surface area contributed by atoms with Crippen molar-refractivity contribution in [2.75, 3.05) is 25.1 Å². The minimum absolute atomic E-state index is 0.0997. The van der Waals surface area contributed by atoms with Crippen LogP contribution in [0.15, 0.2) is 18.2 Å². The molecule has 0 aliphatic rings. The Morgan fingerprint density at radius 2 is 2.29 bits per heavy atom. The van der Waals surface area contributed by atoms with E-state index in [1.165, 1.54) is 0 Å². The molecule has 0 atom stereocenters. The summed E-state index contributed by atoms with van der Waals surface area (Å²) in [5.41, 5.74) is 0.564. The maximum Gasteiger partial charge on any atom is 0.319 e. The van der Waals surface area contributed by atoms with E-state index < -0.39 is 0 Å². The first-order chi connectivity index (χ1) is 8.17. The molecular formula is C11H15ClN2O3. The van der Waals surface area contributed by atoms with Crippen molar-refractivity contribution in [3.8, 4) is 5.75 Å². The highest BCUT2D eigenvalue weighted by atomic mass is 35.5. The first-order valence-corrected chi connectivity index (χ1v) is 5.63. The Bertz CT molecular complexity index is 385. The molecule has 6 heteroatoms. The van der Waals surface area contributed by atoms with Gasteiger partial charge in [-0.25, -0.2) is 4.79 Å². The van der Waals surface area contributed by atoms with Crippen molar-refractivity contribution in [3.05, 3.63) is 23.2 Å². The number of amides is 2. The maximum absolute atomic E-state index is 11.3. The molecule has 0 aliphatic carbocycles. The number of aliphatic hydroxyl groups excluding tert-OH is 1. The third kappa shape index (κ3) is 4.50. The monoisotopic (exact) mass is 258 g/mol. The topological polar surface area (TPSA) is 70.6 Å². The fourth-order valence-electron chi connectivity index (χ4n) is 1.20. The van der Waals surface area contributed by atoms with Crippen LogP contribution in [0.2, 0.25) is 5.02 Å². The molecule has 3 N–H and O–H groups in total. The summed E-state index contributed by atoms with van der Waals surface area (Å²) in [6.07, 6.45) is 0. The van der Waals surface area contributed by atoms with Crippen molar-refractivity contribution >= 4 is 23.3 Å². The summed E-state index contributed by atoms with van der Waals surface area (Å²) in [4.78, 5) is 11.3. The molecule has 0 aromatic heterocycles. The standard InChI is InChI=1S/C11H15ClN2O3/c1-2-17-10-4-3-8(7-9(10)12)14-11(16)13-5-6-15/h3-4,7,15H,2,5-6H2,1H3,(H2,13,14,16). The minimum Gasteiger partial charge on any atom is -0.492 e. The number of carbonyl (C=O) groups excluding carboxylic acids is 1. The Balaban J connectivity index is 2.60. The zero-order valence-electron chi connectivity index (χ0n) is 9.50. The molecule has 1 aromatic carbocycles. The van der Waals surface area contributed by atoms with Crippen LogP contribution in [0.3, 0.4) is 0 Å².